The Hall–Kier alpha value is -2.33. The van der Waals surface area contributed by atoms with E-state index in [2.05, 4.69) is 4.74 Å². The SMILES string of the molecule is COC(=O)CN(Cc1ccccc1)C(=O)c1ccc(Cl)cc1. The second-order valence-corrected chi connectivity index (χ2v) is 5.17. The van der Waals surface area contributed by atoms with Crippen LogP contribution >= 0.6 is 11.6 Å². The van der Waals surface area contributed by atoms with Crippen molar-refractivity contribution >= 4 is 23.5 Å². The first-order valence-corrected chi connectivity index (χ1v) is 7.13. The Morgan fingerprint density at radius 2 is 1.68 bits per heavy atom. The van der Waals surface area contributed by atoms with Gasteiger partial charge < -0.3 is 9.64 Å². The number of rotatable bonds is 5. The Morgan fingerprint density at radius 1 is 1.05 bits per heavy atom. The third kappa shape index (κ3) is 4.33. The van der Waals surface area contributed by atoms with Crippen molar-refractivity contribution < 1.29 is 14.3 Å². The van der Waals surface area contributed by atoms with Gasteiger partial charge in [0.15, 0.2) is 0 Å². The van der Waals surface area contributed by atoms with Crippen molar-refractivity contribution in [2.45, 2.75) is 6.54 Å². The highest BCUT2D eigenvalue weighted by molar-refractivity contribution is 6.30. The zero-order valence-electron chi connectivity index (χ0n) is 12.2. The van der Waals surface area contributed by atoms with E-state index in [1.54, 1.807) is 24.3 Å². The van der Waals surface area contributed by atoms with Gasteiger partial charge in [0, 0.05) is 17.1 Å². The molecule has 0 spiro atoms. The number of hydrogen-bond donors (Lipinski definition) is 0. The summed E-state index contributed by atoms with van der Waals surface area (Å²) in [6.45, 7) is 0.226. The molecule has 1 amide bonds. The highest BCUT2D eigenvalue weighted by Crippen LogP contribution is 2.14. The molecule has 0 unspecified atom stereocenters. The maximum absolute atomic E-state index is 12.6. The quantitative estimate of drug-likeness (QED) is 0.796. The summed E-state index contributed by atoms with van der Waals surface area (Å²) in [5.41, 5.74) is 1.41. The van der Waals surface area contributed by atoms with Crippen LogP contribution in [0.5, 0.6) is 0 Å². The second kappa shape index (κ2) is 7.61. The van der Waals surface area contributed by atoms with Gasteiger partial charge in [-0.05, 0) is 29.8 Å². The minimum Gasteiger partial charge on any atom is -0.468 e. The summed E-state index contributed by atoms with van der Waals surface area (Å²) in [5, 5.41) is 0.555. The summed E-state index contributed by atoms with van der Waals surface area (Å²) in [6.07, 6.45) is 0. The van der Waals surface area contributed by atoms with E-state index in [1.165, 1.54) is 12.0 Å². The van der Waals surface area contributed by atoms with Crippen LogP contribution < -0.4 is 0 Å². The molecule has 0 fully saturated rings. The van der Waals surface area contributed by atoms with E-state index in [9.17, 15) is 9.59 Å². The lowest BCUT2D eigenvalue weighted by Crippen LogP contribution is -2.35. The van der Waals surface area contributed by atoms with Gasteiger partial charge in [0.2, 0.25) is 0 Å². The molecule has 0 N–H and O–H groups in total. The molecular formula is C17H16ClNO3. The molecular weight excluding hydrogens is 302 g/mol. The molecule has 114 valence electrons. The minimum atomic E-state index is -0.460. The first-order chi connectivity index (χ1) is 10.6. The van der Waals surface area contributed by atoms with Gasteiger partial charge in [0.05, 0.1) is 7.11 Å². The van der Waals surface area contributed by atoms with E-state index < -0.39 is 5.97 Å². The number of benzene rings is 2. The maximum Gasteiger partial charge on any atom is 0.325 e. The molecule has 2 aromatic carbocycles. The highest BCUT2D eigenvalue weighted by Gasteiger charge is 2.19. The fourth-order valence-corrected chi connectivity index (χ4v) is 2.12. The Labute approximate surface area is 134 Å². The number of nitrogens with zero attached hydrogens (tertiary/aromatic N) is 1. The van der Waals surface area contributed by atoms with Crippen molar-refractivity contribution in [1.29, 1.82) is 0 Å². The van der Waals surface area contributed by atoms with Gasteiger partial charge in [0.25, 0.3) is 5.91 Å². The standard InChI is InChI=1S/C17H16ClNO3/c1-22-16(20)12-19(11-13-5-3-2-4-6-13)17(21)14-7-9-15(18)10-8-14/h2-10H,11-12H2,1H3. The topological polar surface area (TPSA) is 46.6 Å². The molecule has 0 heterocycles. The fourth-order valence-electron chi connectivity index (χ4n) is 2.00. The Bertz CT molecular complexity index is 641. The van der Waals surface area contributed by atoms with Crippen LogP contribution in [-0.4, -0.2) is 30.4 Å². The number of esters is 1. The Balaban J connectivity index is 2.21. The molecule has 2 aromatic rings. The molecule has 22 heavy (non-hydrogen) atoms. The minimum absolute atomic E-state index is 0.104. The Morgan fingerprint density at radius 3 is 2.27 bits per heavy atom. The largest absolute Gasteiger partial charge is 0.468 e. The molecule has 0 aromatic heterocycles. The second-order valence-electron chi connectivity index (χ2n) is 4.73. The van der Waals surface area contributed by atoms with Crippen LogP contribution in [-0.2, 0) is 16.1 Å². The summed E-state index contributed by atoms with van der Waals surface area (Å²) < 4.78 is 4.67. The van der Waals surface area contributed by atoms with Gasteiger partial charge in [-0.3, -0.25) is 9.59 Å². The van der Waals surface area contributed by atoms with Crippen LogP contribution in [0.2, 0.25) is 5.02 Å². The first kappa shape index (κ1) is 16.0. The summed E-state index contributed by atoms with van der Waals surface area (Å²) in [5.74, 6) is -0.704. The number of carbonyl (C=O) groups excluding carboxylic acids is 2. The molecule has 0 saturated carbocycles. The normalized spacial score (nSPS) is 10.1. The van der Waals surface area contributed by atoms with Gasteiger partial charge in [-0.2, -0.15) is 0 Å². The van der Waals surface area contributed by atoms with Crippen LogP contribution in [0.15, 0.2) is 54.6 Å². The van der Waals surface area contributed by atoms with Crippen molar-refractivity contribution in [2.75, 3.05) is 13.7 Å². The molecule has 0 atom stereocenters. The molecule has 0 saturated heterocycles. The molecule has 2 rings (SSSR count). The number of halogens is 1. The van der Waals surface area contributed by atoms with E-state index in [0.717, 1.165) is 5.56 Å². The monoisotopic (exact) mass is 317 g/mol. The van der Waals surface area contributed by atoms with E-state index in [4.69, 9.17) is 11.6 Å². The average Bonchev–Trinajstić information content (AvgIpc) is 2.55. The average molecular weight is 318 g/mol. The van der Waals surface area contributed by atoms with Crippen LogP contribution in [0, 0.1) is 0 Å². The van der Waals surface area contributed by atoms with Crippen molar-refractivity contribution in [3.63, 3.8) is 0 Å². The molecule has 0 aliphatic heterocycles. The van der Waals surface area contributed by atoms with Gasteiger partial charge in [-0.25, -0.2) is 0 Å². The predicted molar refractivity (Wildman–Crippen MR) is 84.7 cm³/mol. The number of ether oxygens (including phenoxy) is 1. The van der Waals surface area contributed by atoms with E-state index in [-0.39, 0.29) is 12.5 Å². The molecule has 0 aliphatic carbocycles. The van der Waals surface area contributed by atoms with Crippen LogP contribution in [0.3, 0.4) is 0 Å². The lowest BCUT2D eigenvalue weighted by Gasteiger charge is -2.21. The van der Waals surface area contributed by atoms with E-state index in [0.29, 0.717) is 17.1 Å². The molecule has 0 aliphatic rings. The lowest BCUT2D eigenvalue weighted by molar-refractivity contribution is -0.141. The summed E-state index contributed by atoms with van der Waals surface area (Å²) in [7, 11) is 1.30. The molecule has 0 bridgehead atoms. The van der Waals surface area contributed by atoms with Crippen molar-refractivity contribution in [3.05, 3.63) is 70.7 Å². The molecule has 4 nitrogen and oxygen atoms in total. The van der Waals surface area contributed by atoms with Crippen LogP contribution in [0.25, 0.3) is 0 Å². The van der Waals surface area contributed by atoms with Gasteiger partial charge in [-0.1, -0.05) is 41.9 Å². The van der Waals surface area contributed by atoms with Crippen LogP contribution in [0.4, 0.5) is 0 Å². The zero-order valence-corrected chi connectivity index (χ0v) is 12.9. The van der Waals surface area contributed by atoms with Crippen molar-refractivity contribution in [2.24, 2.45) is 0 Å². The lowest BCUT2D eigenvalue weighted by atomic mass is 10.1. The fraction of sp³-hybridized carbons (Fsp3) is 0.176. The third-order valence-electron chi connectivity index (χ3n) is 3.14. The third-order valence-corrected chi connectivity index (χ3v) is 3.39. The summed E-state index contributed by atoms with van der Waals surface area (Å²) >= 11 is 5.83. The number of hydrogen-bond acceptors (Lipinski definition) is 3. The number of carbonyl (C=O) groups is 2. The van der Waals surface area contributed by atoms with E-state index in [1.807, 2.05) is 30.3 Å². The van der Waals surface area contributed by atoms with Gasteiger partial charge in [0.1, 0.15) is 6.54 Å². The predicted octanol–water partition coefficient (Wildman–Crippen LogP) is 3.16. The smallest absolute Gasteiger partial charge is 0.325 e. The summed E-state index contributed by atoms with van der Waals surface area (Å²) in [4.78, 5) is 25.6. The Kier molecular flexibility index (Phi) is 5.55. The summed E-state index contributed by atoms with van der Waals surface area (Å²) in [6, 6.07) is 16.0. The maximum atomic E-state index is 12.6. The zero-order chi connectivity index (χ0) is 15.9. The highest BCUT2D eigenvalue weighted by atomic mass is 35.5. The van der Waals surface area contributed by atoms with Crippen molar-refractivity contribution in [1.82, 2.24) is 4.90 Å². The molecule has 0 radical (unpaired) electrons. The van der Waals surface area contributed by atoms with E-state index >= 15 is 0 Å². The van der Waals surface area contributed by atoms with Gasteiger partial charge in [-0.15, -0.1) is 0 Å². The van der Waals surface area contributed by atoms with Crippen LogP contribution in [0.1, 0.15) is 15.9 Å². The van der Waals surface area contributed by atoms with Crippen molar-refractivity contribution in [3.8, 4) is 0 Å². The van der Waals surface area contributed by atoms with Gasteiger partial charge >= 0.3 is 5.97 Å². The number of amides is 1. The molecule has 5 heteroatoms. The first-order valence-electron chi connectivity index (χ1n) is 6.75. The number of methoxy groups -OCH3 is 1.